The Morgan fingerprint density at radius 3 is 2.75 bits per heavy atom. The summed E-state index contributed by atoms with van der Waals surface area (Å²) in [5.41, 5.74) is 0.459. The first-order valence-electron chi connectivity index (χ1n) is 7.40. The van der Waals surface area contributed by atoms with Gasteiger partial charge >= 0.3 is 0 Å². The maximum atomic E-state index is 14.2. The number of carbonyl (C=O) groups excluding carboxylic acids is 1. The molecule has 24 heavy (non-hydrogen) atoms. The van der Waals surface area contributed by atoms with Crippen molar-refractivity contribution in [1.29, 1.82) is 5.26 Å². The van der Waals surface area contributed by atoms with Gasteiger partial charge in [0.25, 0.3) is 0 Å². The van der Waals surface area contributed by atoms with Crippen molar-refractivity contribution in [2.75, 3.05) is 6.61 Å². The van der Waals surface area contributed by atoms with Gasteiger partial charge in [-0.15, -0.1) is 0 Å². The highest BCUT2D eigenvalue weighted by Crippen LogP contribution is 2.28. The number of nitrogens with zero attached hydrogens (tertiary/aromatic N) is 2. The quantitative estimate of drug-likeness (QED) is 0.684. The van der Waals surface area contributed by atoms with Gasteiger partial charge in [0.15, 0.2) is 5.78 Å². The van der Waals surface area contributed by atoms with Crippen molar-refractivity contribution in [3.05, 3.63) is 71.2 Å². The smallest absolute Gasteiger partial charge is 0.221 e. The molecule has 1 heterocycles. The van der Waals surface area contributed by atoms with E-state index in [4.69, 9.17) is 10.00 Å². The minimum atomic E-state index is -0.713. The van der Waals surface area contributed by atoms with Crippen molar-refractivity contribution >= 4 is 16.6 Å². The van der Waals surface area contributed by atoms with Gasteiger partial charge in [-0.1, -0.05) is 12.1 Å². The van der Waals surface area contributed by atoms with Crippen LogP contribution in [0.5, 0.6) is 5.88 Å². The average Bonchev–Trinajstić information content (AvgIpc) is 2.61. The van der Waals surface area contributed by atoms with Gasteiger partial charge in [0.05, 0.1) is 23.8 Å². The molecule has 0 atom stereocenters. The van der Waals surface area contributed by atoms with E-state index in [0.29, 0.717) is 28.8 Å². The lowest BCUT2D eigenvalue weighted by Crippen LogP contribution is -2.06. The summed E-state index contributed by atoms with van der Waals surface area (Å²) in [7, 11) is 0. The van der Waals surface area contributed by atoms with Gasteiger partial charge in [-0.25, -0.2) is 9.37 Å². The van der Waals surface area contributed by atoms with Crippen LogP contribution in [0.15, 0.2) is 48.7 Å². The van der Waals surface area contributed by atoms with Crippen molar-refractivity contribution in [3.8, 4) is 11.9 Å². The predicted molar refractivity (Wildman–Crippen MR) is 87.5 cm³/mol. The Hall–Kier alpha value is -3.26. The van der Waals surface area contributed by atoms with Gasteiger partial charge in [-0.05, 0) is 42.6 Å². The molecule has 0 N–H and O–H groups in total. The number of aromatic nitrogens is 1. The highest BCUT2D eigenvalue weighted by atomic mass is 19.1. The van der Waals surface area contributed by atoms with Crippen LogP contribution in [-0.2, 0) is 0 Å². The molecular weight excluding hydrogens is 307 g/mol. The summed E-state index contributed by atoms with van der Waals surface area (Å²) >= 11 is 0. The van der Waals surface area contributed by atoms with Crippen molar-refractivity contribution in [2.45, 2.75) is 6.92 Å². The van der Waals surface area contributed by atoms with Crippen molar-refractivity contribution in [2.24, 2.45) is 0 Å². The van der Waals surface area contributed by atoms with Crippen LogP contribution >= 0.6 is 0 Å². The first-order valence-corrected chi connectivity index (χ1v) is 7.40. The zero-order chi connectivity index (χ0) is 17.1. The number of fused-ring (bicyclic) bond motifs is 1. The normalized spacial score (nSPS) is 10.4. The molecule has 0 unspecified atom stereocenters. The van der Waals surface area contributed by atoms with Crippen LogP contribution in [0, 0.1) is 17.1 Å². The number of hydrogen-bond acceptors (Lipinski definition) is 4. The molecule has 0 bridgehead atoms. The Bertz CT molecular complexity index is 977. The number of nitriles is 1. The highest BCUT2D eigenvalue weighted by Gasteiger charge is 2.18. The summed E-state index contributed by atoms with van der Waals surface area (Å²) in [6, 6.07) is 12.5. The monoisotopic (exact) mass is 320 g/mol. The number of ether oxygens (including phenoxy) is 1. The Morgan fingerprint density at radius 1 is 1.21 bits per heavy atom. The van der Waals surface area contributed by atoms with Gasteiger partial charge < -0.3 is 4.74 Å². The Morgan fingerprint density at radius 2 is 2.04 bits per heavy atom. The molecular formula is C19H13FN2O2. The number of halogens is 1. The topological polar surface area (TPSA) is 63.0 Å². The van der Waals surface area contributed by atoms with E-state index in [9.17, 15) is 9.18 Å². The third-order valence-corrected chi connectivity index (χ3v) is 3.64. The van der Waals surface area contributed by atoms with Crippen LogP contribution in [0.2, 0.25) is 0 Å². The van der Waals surface area contributed by atoms with Crippen molar-refractivity contribution in [1.82, 2.24) is 4.98 Å². The number of carbonyl (C=O) groups is 1. The molecule has 0 aliphatic carbocycles. The van der Waals surface area contributed by atoms with Crippen LogP contribution < -0.4 is 4.74 Å². The van der Waals surface area contributed by atoms with Crippen LogP contribution in [0.25, 0.3) is 10.8 Å². The molecule has 0 saturated carbocycles. The van der Waals surface area contributed by atoms with Crippen LogP contribution in [0.3, 0.4) is 0 Å². The molecule has 0 amide bonds. The van der Waals surface area contributed by atoms with Gasteiger partial charge in [-0.3, -0.25) is 4.79 Å². The summed E-state index contributed by atoms with van der Waals surface area (Å²) in [5, 5.41) is 10.1. The van der Waals surface area contributed by atoms with Gasteiger partial charge in [0.1, 0.15) is 5.82 Å². The molecule has 0 fully saturated rings. The highest BCUT2D eigenvalue weighted by molar-refractivity contribution is 6.17. The molecule has 118 valence electrons. The third-order valence-electron chi connectivity index (χ3n) is 3.64. The Kier molecular flexibility index (Phi) is 4.21. The number of rotatable bonds is 4. The van der Waals surface area contributed by atoms with E-state index in [-0.39, 0.29) is 11.1 Å². The minimum Gasteiger partial charge on any atom is -0.478 e. The van der Waals surface area contributed by atoms with E-state index in [0.717, 1.165) is 6.07 Å². The molecule has 0 aliphatic rings. The molecule has 2 aromatic carbocycles. The lowest BCUT2D eigenvalue weighted by molar-refractivity contribution is 0.103. The van der Waals surface area contributed by atoms with Crippen molar-refractivity contribution in [3.63, 3.8) is 0 Å². The number of ketones is 1. The number of benzene rings is 2. The third kappa shape index (κ3) is 2.70. The SMILES string of the molecule is CCOc1nccc2c(C(=O)c3ccc(C#N)cc3F)cccc12. The first kappa shape index (κ1) is 15.6. The molecule has 0 radical (unpaired) electrons. The van der Waals surface area contributed by atoms with E-state index < -0.39 is 11.6 Å². The second-order valence-corrected chi connectivity index (χ2v) is 5.09. The van der Waals surface area contributed by atoms with Crippen LogP contribution in [-0.4, -0.2) is 17.4 Å². The second-order valence-electron chi connectivity index (χ2n) is 5.09. The number of pyridine rings is 1. The molecule has 0 saturated heterocycles. The van der Waals surface area contributed by atoms with E-state index in [1.165, 1.54) is 12.1 Å². The summed E-state index contributed by atoms with van der Waals surface area (Å²) in [5.74, 6) is -0.726. The zero-order valence-corrected chi connectivity index (χ0v) is 12.9. The molecule has 0 aliphatic heterocycles. The standard InChI is InChI=1S/C19H13FN2O2/c1-2-24-19-15-5-3-4-14(13(15)8-9-22-19)18(23)16-7-6-12(11-21)10-17(16)20/h3-10H,2H2,1H3. The fourth-order valence-corrected chi connectivity index (χ4v) is 2.54. The summed E-state index contributed by atoms with van der Waals surface area (Å²) < 4.78 is 19.6. The molecule has 1 aromatic heterocycles. The Labute approximate surface area is 138 Å². The predicted octanol–water partition coefficient (Wildman–Crippen LogP) is 3.88. The lowest BCUT2D eigenvalue weighted by atomic mass is 9.97. The largest absolute Gasteiger partial charge is 0.478 e. The zero-order valence-electron chi connectivity index (χ0n) is 12.9. The summed E-state index contributed by atoms with van der Waals surface area (Å²) in [6.45, 7) is 2.30. The average molecular weight is 320 g/mol. The summed E-state index contributed by atoms with van der Waals surface area (Å²) in [4.78, 5) is 16.9. The minimum absolute atomic E-state index is 0.0729. The fraction of sp³-hybridized carbons (Fsp3) is 0.105. The molecule has 3 aromatic rings. The Balaban J connectivity index is 2.14. The molecule has 4 nitrogen and oxygen atoms in total. The molecule has 5 heteroatoms. The van der Waals surface area contributed by atoms with Crippen molar-refractivity contribution < 1.29 is 13.9 Å². The van der Waals surface area contributed by atoms with E-state index >= 15 is 0 Å². The second kappa shape index (κ2) is 6.47. The summed E-state index contributed by atoms with van der Waals surface area (Å²) in [6.07, 6.45) is 1.55. The van der Waals surface area contributed by atoms with Crippen LogP contribution in [0.4, 0.5) is 4.39 Å². The van der Waals surface area contributed by atoms with Gasteiger partial charge in [0.2, 0.25) is 5.88 Å². The molecule has 0 spiro atoms. The maximum absolute atomic E-state index is 14.2. The first-order chi connectivity index (χ1) is 11.7. The van der Waals surface area contributed by atoms with Crippen LogP contribution in [0.1, 0.15) is 28.4 Å². The number of hydrogen-bond donors (Lipinski definition) is 0. The molecule has 3 rings (SSSR count). The van der Waals surface area contributed by atoms with E-state index in [2.05, 4.69) is 4.98 Å². The van der Waals surface area contributed by atoms with Gasteiger partial charge in [-0.2, -0.15) is 5.26 Å². The lowest BCUT2D eigenvalue weighted by Gasteiger charge is -2.10. The van der Waals surface area contributed by atoms with E-state index in [1.54, 1.807) is 30.5 Å². The van der Waals surface area contributed by atoms with Gasteiger partial charge in [0, 0.05) is 17.1 Å². The maximum Gasteiger partial charge on any atom is 0.221 e. The fourth-order valence-electron chi connectivity index (χ4n) is 2.54. The van der Waals surface area contributed by atoms with E-state index in [1.807, 2.05) is 13.0 Å².